The first-order chi connectivity index (χ1) is 14.5. The van der Waals surface area contributed by atoms with Gasteiger partial charge in [0.05, 0.1) is 6.33 Å². The number of anilines is 1. The summed E-state index contributed by atoms with van der Waals surface area (Å²) >= 11 is 0. The van der Waals surface area contributed by atoms with Crippen LogP contribution >= 0.6 is 0 Å². The first kappa shape index (κ1) is 18.6. The maximum atomic E-state index is 12.9. The molecule has 30 heavy (non-hydrogen) atoms. The second-order valence-electron chi connectivity index (χ2n) is 8.00. The van der Waals surface area contributed by atoms with E-state index in [4.69, 9.17) is 0 Å². The highest BCUT2D eigenvalue weighted by Gasteiger charge is 2.45. The molecule has 0 aromatic carbocycles. The summed E-state index contributed by atoms with van der Waals surface area (Å²) in [6.07, 6.45) is 4.53. The lowest BCUT2D eigenvalue weighted by atomic mass is 10.0. The van der Waals surface area contributed by atoms with Crippen LogP contribution in [0.25, 0.3) is 11.2 Å². The molecule has 0 radical (unpaired) electrons. The third kappa shape index (κ3) is 2.76. The van der Waals surface area contributed by atoms with Gasteiger partial charge in [0.15, 0.2) is 22.9 Å². The highest BCUT2D eigenvalue weighted by molar-refractivity contribution is 6.20. The van der Waals surface area contributed by atoms with E-state index in [0.29, 0.717) is 24.9 Å². The molecule has 0 saturated carbocycles. The van der Waals surface area contributed by atoms with E-state index in [9.17, 15) is 14.4 Å². The van der Waals surface area contributed by atoms with Gasteiger partial charge >= 0.3 is 6.03 Å². The van der Waals surface area contributed by atoms with E-state index in [-0.39, 0.29) is 5.91 Å². The lowest BCUT2D eigenvalue weighted by Gasteiger charge is -2.27. The molecule has 3 aliphatic heterocycles. The van der Waals surface area contributed by atoms with E-state index >= 15 is 0 Å². The Morgan fingerprint density at radius 1 is 1.10 bits per heavy atom. The Bertz CT molecular complexity index is 1060. The third-order valence-corrected chi connectivity index (χ3v) is 6.30. The van der Waals surface area contributed by atoms with Gasteiger partial charge in [-0.05, 0) is 6.92 Å². The van der Waals surface area contributed by atoms with Crippen molar-refractivity contribution < 1.29 is 14.4 Å². The van der Waals surface area contributed by atoms with Crippen LogP contribution in [0.1, 0.15) is 6.92 Å². The van der Waals surface area contributed by atoms with Crippen LogP contribution in [0.4, 0.5) is 10.6 Å². The van der Waals surface area contributed by atoms with Crippen molar-refractivity contribution in [3.63, 3.8) is 0 Å². The van der Waals surface area contributed by atoms with Crippen molar-refractivity contribution in [1.29, 1.82) is 0 Å². The molecular weight excluding hydrogens is 388 g/mol. The van der Waals surface area contributed by atoms with E-state index in [1.165, 1.54) is 13.3 Å². The molecule has 4 amide bonds. The van der Waals surface area contributed by atoms with Crippen molar-refractivity contribution in [1.82, 2.24) is 29.3 Å². The Labute approximate surface area is 172 Å². The molecule has 5 rings (SSSR count). The van der Waals surface area contributed by atoms with Gasteiger partial charge in [0, 0.05) is 57.8 Å². The topological polar surface area (TPSA) is 117 Å². The summed E-state index contributed by atoms with van der Waals surface area (Å²) in [5.41, 5.74) is 1.62. The van der Waals surface area contributed by atoms with Gasteiger partial charge < -0.3 is 14.4 Å². The van der Waals surface area contributed by atoms with Crippen LogP contribution in [0.2, 0.25) is 0 Å². The zero-order chi connectivity index (χ0) is 21.0. The number of fused-ring (bicyclic) bond motifs is 2. The number of imide groups is 1. The fourth-order valence-electron chi connectivity index (χ4n) is 4.63. The molecule has 0 N–H and O–H groups in total. The van der Waals surface area contributed by atoms with E-state index in [1.807, 2.05) is 11.5 Å². The quantitative estimate of drug-likeness (QED) is 0.655. The molecule has 0 spiro atoms. The molecule has 5 heterocycles. The minimum atomic E-state index is -1.01. The van der Waals surface area contributed by atoms with Crippen LogP contribution in [0.15, 0.2) is 17.6 Å². The maximum Gasteiger partial charge on any atom is 0.349 e. The van der Waals surface area contributed by atoms with Gasteiger partial charge in [0.1, 0.15) is 6.33 Å². The Kier molecular flexibility index (Phi) is 4.26. The summed E-state index contributed by atoms with van der Waals surface area (Å²) in [7, 11) is 1.35. The maximum absolute atomic E-state index is 12.9. The Morgan fingerprint density at radius 2 is 1.83 bits per heavy atom. The summed E-state index contributed by atoms with van der Waals surface area (Å²) in [6.45, 7) is 5.53. The first-order valence-electron chi connectivity index (χ1n) is 10.0. The number of aliphatic imine (C=N–C) groups is 1. The summed E-state index contributed by atoms with van der Waals surface area (Å²) in [5, 5.41) is 0. The van der Waals surface area contributed by atoms with Crippen LogP contribution in [0, 0.1) is 17.8 Å². The van der Waals surface area contributed by atoms with Crippen molar-refractivity contribution in [2.75, 3.05) is 38.1 Å². The highest BCUT2D eigenvalue weighted by atomic mass is 16.2. The van der Waals surface area contributed by atoms with Crippen LogP contribution in [0.5, 0.6) is 0 Å². The molecule has 3 unspecified atom stereocenters. The second kappa shape index (κ2) is 6.85. The number of carbonyl (C=O) groups excluding carboxylic acids is 3. The van der Waals surface area contributed by atoms with Crippen LogP contribution in [-0.2, 0) is 16.1 Å². The highest BCUT2D eigenvalue weighted by Crippen LogP contribution is 2.35. The average Bonchev–Trinajstić information content (AvgIpc) is 3.44. The third-order valence-electron chi connectivity index (χ3n) is 6.30. The van der Waals surface area contributed by atoms with Crippen molar-refractivity contribution in [2.45, 2.75) is 13.5 Å². The number of carbonyl (C=O) groups is 3. The molecule has 2 fully saturated rings. The molecule has 3 atom stereocenters. The number of amides is 4. The summed E-state index contributed by atoms with van der Waals surface area (Å²) in [5.74, 6) is -0.399. The fourth-order valence-corrected chi connectivity index (χ4v) is 4.63. The Hall–Kier alpha value is -3.37. The minimum absolute atomic E-state index is 0.282. The number of rotatable bonds is 3. The van der Waals surface area contributed by atoms with Crippen molar-refractivity contribution >= 4 is 41.0 Å². The standard InChI is InChI=1S/C19H22N8O3/c1-3-25-10-23-14-15(25)21-9-22-16(14)26-5-11-7-27(8-12(11)6-26)18(29)13-4-20-19(30)24(2)17(13)28/h4,9-13H,3,5-8H2,1-2H3. The van der Waals surface area contributed by atoms with Gasteiger partial charge in [0.2, 0.25) is 11.8 Å². The number of aryl methyl sites for hydroxylation is 1. The molecule has 0 bridgehead atoms. The molecule has 156 valence electrons. The second-order valence-corrected chi connectivity index (χ2v) is 8.00. The number of hydrogen-bond donors (Lipinski definition) is 0. The lowest BCUT2D eigenvalue weighted by molar-refractivity contribution is -0.141. The van der Waals surface area contributed by atoms with E-state index in [0.717, 1.165) is 41.5 Å². The zero-order valence-corrected chi connectivity index (χ0v) is 16.8. The predicted octanol–water partition coefficient (Wildman–Crippen LogP) is 0.0198. The largest absolute Gasteiger partial charge is 0.354 e. The molecule has 2 saturated heterocycles. The van der Waals surface area contributed by atoms with E-state index < -0.39 is 17.9 Å². The number of urea groups is 1. The number of aromatic nitrogens is 4. The smallest absolute Gasteiger partial charge is 0.349 e. The first-order valence-corrected chi connectivity index (χ1v) is 10.0. The van der Waals surface area contributed by atoms with Gasteiger partial charge in [0.25, 0.3) is 0 Å². The van der Waals surface area contributed by atoms with Gasteiger partial charge in [-0.1, -0.05) is 0 Å². The van der Waals surface area contributed by atoms with Gasteiger partial charge in [-0.3, -0.25) is 14.5 Å². The van der Waals surface area contributed by atoms with Crippen LogP contribution in [-0.4, -0.2) is 86.6 Å². The van der Waals surface area contributed by atoms with E-state index in [2.05, 4.69) is 24.8 Å². The minimum Gasteiger partial charge on any atom is -0.354 e. The fraction of sp³-hybridized carbons (Fsp3) is 0.526. The summed E-state index contributed by atoms with van der Waals surface area (Å²) in [4.78, 5) is 58.5. The van der Waals surface area contributed by atoms with Crippen molar-refractivity contribution in [3.8, 4) is 0 Å². The van der Waals surface area contributed by atoms with Crippen molar-refractivity contribution in [2.24, 2.45) is 22.7 Å². The predicted molar refractivity (Wildman–Crippen MR) is 107 cm³/mol. The van der Waals surface area contributed by atoms with Gasteiger partial charge in [-0.2, -0.15) is 0 Å². The lowest BCUT2D eigenvalue weighted by Crippen LogP contribution is -2.48. The summed E-state index contributed by atoms with van der Waals surface area (Å²) in [6, 6.07) is -0.639. The molecule has 3 aliphatic rings. The Balaban J connectivity index is 1.30. The molecule has 2 aromatic heterocycles. The Morgan fingerprint density at radius 3 is 2.53 bits per heavy atom. The number of imidazole rings is 1. The van der Waals surface area contributed by atoms with Crippen molar-refractivity contribution in [3.05, 3.63) is 12.7 Å². The SMILES string of the molecule is CCn1cnc2c(N3CC4CN(C(=O)C5C=NC(=O)N(C)C5=O)CC4C3)ncnc21. The van der Waals surface area contributed by atoms with Crippen LogP contribution < -0.4 is 4.90 Å². The zero-order valence-electron chi connectivity index (χ0n) is 16.8. The summed E-state index contributed by atoms with van der Waals surface area (Å²) < 4.78 is 1.99. The monoisotopic (exact) mass is 410 g/mol. The molecular formula is C19H22N8O3. The number of nitrogens with zero attached hydrogens (tertiary/aromatic N) is 8. The molecule has 0 aliphatic carbocycles. The van der Waals surface area contributed by atoms with E-state index in [1.54, 1.807) is 17.6 Å². The van der Waals surface area contributed by atoms with Gasteiger partial charge in [-0.25, -0.2) is 24.7 Å². The normalized spacial score (nSPS) is 26.2. The average molecular weight is 410 g/mol. The molecule has 11 heteroatoms. The molecule has 2 aromatic rings. The van der Waals surface area contributed by atoms with Crippen LogP contribution in [0.3, 0.4) is 0 Å². The molecule has 11 nitrogen and oxygen atoms in total. The number of likely N-dealkylation sites (tertiary alicyclic amines) is 1. The number of hydrogen-bond acceptors (Lipinski definition) is 7. The van der Waals surface area contributed by atoms with Gasteiger partial charge in [-0.15, -0.1) is 0 Å².